The van der Waals surface area contributed by atoms with E-state index in [2.05, 4.69) is 14.8 Å². The van der Waals surface area contributed by atoms with Gasteiger partial charge in [-0.2, -0.15) is 4.98 Å². The molecule has 3 heterocycles. The molecule has 1 aromatic heterocycles. The second-order valence-corrected chi connectivity index (χ2v) is 8.67. The second-order valence-electron chi connectivity index (χ2n) is 6.37. The predicted octanol–water partition coefficient (Wildman–Crippen LogP) is 1.53. The third-order valence-corrected chi connectivity index (χ3v) is 6.52. The van der Waals surface area contributed by atoms with Gasteiger partial charge >= 0.3 is 0 Å². The second kappa shape index (κ2) is 5.79. The number of sulfone groups is 1. The lowest BCUT2D eigenvalue weighted by Crippen LogP contribution is -2.50. The third kappa shape index (κ3) is 3.07. The Morgan fingerprint density at radius 3 is 2.43 bits per heavy atom. The number of para-hydroxylation sites is 2. The molecule has 0 bridgehead atoms. The normalized spacial score (nSPS) is 23.4. The SMILES string of the molecule is O=S1(=O)CCN(C2CCN(c3nc4ccccc4o3)CC2)CC1. The van der Waals surface area contributed by atoms with Crippen molar-refractivity contribution < 1.29 is 12.8 Å². The molecule has 2 saturated heterocycles. The monoisotopic (exact) mass is 335 g/mol. The minimum absolute atomic E-state index is 0.304. The summed E-state index contributed by atoms with van der Waals surface area (Å²) < 4.78 is 28.9. The Bertz CT molecular complexity index is 747. The first-order chi connectivity index (χ1) is 11.1. The Morgan fingerprint density at radius 1 is 1.04 bits per heavy atom. The maximum absolute atomic E-state index is 11.5. The van der Waals surface area contributed by atoms with Gasteiger partial charge in [-0.25, -0.2) is 8.42 Å². The van der Waals surface area contributed by atoms with Gasteiger partial charge in [0.05, 0.1) is 11.5 Å². The van der Waals surface area contributed by atoms with Crippen LogP contribution in [-0.4, -0.2) is 62.0 Å². The Morgan fingerprint density at radius 2 is 1.74 bits per heavy atom. The summed E-state index contributed by atoms with van der Waals surface area (Å²) in [6.45, 7) is 3.16. The van der Waals surface area contributed by atoms with Gasteiger partial charge in [0.2, 0.25) is 0 Å². The fraction of sp³-hybridized carbons (Fsp3) is 0.562. The van der Waals surface area contributed by atoms with E-state index in [0.29, 0.717) is 36.7 Å². The highest BCUT2D eigenvalue weighted by atomic mass is 32.2. The Balaban J connectivity index is 1.39. The molecule has 4 rings (SSSR count). The summed E-state index contributed by atoms with van der Waals surface area (Å²) in [5.74, 6) is 0.608. The van der Waals surface area contributed by atoms with Crippen LogP contribution in [-0.2, 0) is 9.84 Å². The highest BCUT2D eigenvalue weighted by Gasteiger charge is 2.30. The lowest BCUT2D eigenvalue weighted by atomic mass is 10.0. The van der Waals surface area contributed by atoms with E-state index in [4.69, 9.17) is 4.42 Å². The number of piperidine rings is 1. The number of fused-ring (bicyclic) bond motifs is 1. The largest absolute Gasteiger partial charge is 0.423 e. The van der Waals surface area contributed by atoms with Crippen molar-refractivity contribution in [2.24, 2.45) is 0 Å². The molecule has 7 heteroatoms. The van der Waals surface area contributed by atoms with Gasteiger partial charge in [0.15, 0.2) is 15.4 Å². The number of hydrogen-bond acceptors (Lipinski definition) is 6. The molecule has 124 valence electrons. The van der Waals surface area contributed by atoms with E-state index in [1.807, 2.05) is 24.3 Å². The Labute approximate surface area is 136 Å². The van der Waals surface area contributed by atoms with Gasteiger partial charge in [-0.1, -0.05) is 12.1 Å². The summed E-state index contributed by atoms with van der Waals surface area (Å²) >= 11 is 0. The average Bonchev–Trinajstić information content (AvgIpc) is 2.99. The first kappa shape index (κ1) is 15.0. The summed E-state index contributed by atoms with van der Waals surface area (Å²) in [5.41, 5.74) is 1.72. The molecule has 0 amide bonds. The van der Waals surface area contributed by atoms with Gasteiger partial charge in [0.25, 0.3) is 6.01 Å². The first-order valence-corrected chi connectivity index (χ1v) is 9.98. The van der Waals surface area contributed by atoms with Crippen molar-refractivity contribution in [2.75, 3.05) is 42.6 Å². The van der Waals surface area contributed by atoms with Crippen LogP contribution in [0.3, 0.4) is 0 Å². The van der Waals surface area contributed by atoms with Crippen LogP contribution in [0.2, 0.25) is 0 Å². The van der Waals surface area contributed by atoms with Crippen LogP contribution in [0.25, 0.3) is 11.1 Å². The van der Waals surface area contributed by atoms with Gasteiger partial charge in [-0.05, 0) is 25.0 Å². The molecule has 0 N–H and O–H groups in total. The number of rotatable bonds is 2. The minimum atomic E-state index is -2.80. The van der Waals surface area contributed by atoms with Gasteiger partial charge in [0, 0.05) is 32.2 Å². The highest BCUT2D eigenvalue weighted by molar-refractivity contribution is 7.91. The zero-order valence-electron chi connectivity index (χ0n) is 13.0. The van der Waals surface area contributed by atoms with E-state index in [9.17, 15) is 8.42 Å². The fourth-order valence-electron chi connectivity index (χ4n) is 3.51. The lowest BCUT2D eigenvalue weighted by Gasteiger charge is -2.39. The summed E-state index contributed by atoms with van der Waals surface area (Å²) in [5, 5.41) is 0. The molecule has 0 unspecified atom stereocenters. The molecule has 0 saturated carbocycles. The summed E-state index contributed by atoms with van der Waals surface area (Å²) in [6.07, 6.45) is 2.05. The van der Waals surface area contributed by atoms with Crippen LogP contribution < -0.4 is 4.90 Å². The van der Waals surface area contributed by atoms with Crippen LogP contribution in [0.15, 0.2) is 28.7 Å². The molecular weight excluding hydrogens is 314 g/mol. The molecule has 0 aliphatic carbocycles. The quantitative estimate of drug-likeness (QED) is 0.829. The molecule has 1 aromatic carbocycles. The van der Waals surface area contributed by atoms with Crippen molar-refractivity contribution in [2.45, 2.75) is 18.9 Å². The van der Waals surface area contributed by atoms with Crippen molar-refractivity contribution in [1.82, 2.24) is 9.88 Å². The van der Waals surface area contributed by atoms with E-state index >= 15 is 0 Å². The third-order valence-electron chi connectivity index (χ3n) is 4.91. The van der Waals surface area contributed by atoms with E-state index in [1.54, 1.807) is 0 Å². The minimum Gasteiger partial charge on any atom is -0.423 e. The standard InChI is InChI=1S/C16H21N3O3S/c20-23(21)11-9-18(10-12-23)13-5-7-19(8-6-13)16-17-14-3-1-2-4-15(14)22-16/h1-4,13H,5-12H2. The van der Waals surface area contributed by atoms with Gasteiger partial charge in [0.1, 0.15) is 5.52 Å². The Hall–Kier alpha value is -1.60. The molecule has 6 nitrogen and oxygen atoms in total. The molecular formula is C16H21N3O3S. The molecule has 2 aromatic rings. The average molecular weight is 335 g/mol. The smallest absolute Gasteiger partial charge is 0.298 e. The number of aromatic nitrogens is 1. The first-order valence-electron chi connectivity index (χ1n) is 8.16. The van der Waals surface area contributed by atoms with Gasteiger partial charge < -0.3 is 9.32 Å². The van der Waals surface area contributed by atoms with Crippen molar-refractivity contribution in [3.05, 3.63) is 24.3 Å². The summed E-state index contributed by atoms with van der Waals surface area (Å²) in [6, 6.07) is 8.99. The Kier molecular flexibility index (Phi) is 3.77. The zero-order chi connectivity index (χ0) is 15.9. The summed E-state index contributed by atoms with van der Waals surface area (Å²) in [4.78, 5) is 9.09. The maximum atomic E-state index is 11.5. The number of hydrogen-bond donors (Lipinski definition) is 0. The van der Waals surface area contributed by atoms with Crippen molar-refractivity contribution in [3.8, 4) is 0 Å². The molecule has 2 aliphatic rings. The fourth-order valence-corrected chi connectivity index (χ4v) is 4.74. The lowest BCUT2D eigenvalue weighted by molar-refractivity contribution is 0.181. The predicted molar refractivity (Wildman–Crippen MR) is 89.5 cm³/mol. The summed E-state index contributed by atoms with van der Waals surface area (Å²) in [7, 11) is -2.80. The van der Waals surface area contributed by atoms with E-state index < -0.39 is 9.84 Å². The van der Waals surface area contributed by atoms with E-state index in [-0.39, 0.29) is 0 Å². The topological polar surface area (TPSA) is 66.7 Å². The zero-order valence-corrected chi connectivity index (χ0v) is 13.8. The van der Waals surface area contributed by atoms with E-state index in [0.717, 1.165) is 37.0 Å². The number of oxazole rings is 1. The van der Waals surface area contributed by atoms with E-state index in [1.165, 1.54) is 0 Å². The molecule has 0 radical (unpaired) electrons. The van der Waals surface area contributed by atoms with Crippen molar-refractivity contribution in [1.29, 1.82) is 0 Å². The van der Waals surface area contributed by atoms with Crippen molar-refractivity contribution >= 4 is 27.0 Å². The van der Waals surface area contributed by atoms with Crippen LogP contribution >= 0.6 is 0 Å². The van der Waals surface area contributed by atoms with Gasteiger partial charge in [-0.15, -0.1) is 0 Å². The number of benzene rings is 1. The molecule has 0 atom stereocenters. The molecule has 0 spiro atoms. The van der Waals surface area contributed by atoms with Crippen molar-refractivity contribution in [3.63, 3.8) is 0 Å². The van der Waals surface area contributed by atoms with Crippen LogP contribution in [0, 0.1) is 0 Å². The van der Waals surface area contributed by atoms with Crippen LogP contribution in [0.5, 0.6) is 0 Å². The molecule has 2 aliphatic heterocycles. The van der Waals surface area contributed by atoms with Gasteiger partial charge in [-0.3, -0.25) is 4.90 Å². The molecule has 2 fully saturated rings. The van der Waals surface area contributed by atoms with Crippen LogP contribution in [0.4, 0.5) is 6.01 Å². The van der Waals surface area contributed by atoms with Crippen LogP contribution in [0.1, 0.15) is 12.8 Å². The highest BCUT2D eigenvalue weighted by Crippen LogP contribution is 2.26. The number of anilines is 1. The maximum Gasteiger partial charge on any atom is 0.298 e. The molecule has 23 heavy (non-hydrogen) atoms. The number of nitrogens with zero attached hydrogens (tertiary/aromatic N) is 3.